The number of carbonyl (C=O) groups is 1. The van der Waals surface area contributed by atoms with E-state index >= 15 is 0 Å². The molecule has 0 aliphatic rings. The highest BCUT2D eigenvalue weighted by molar-refractivity contribution is 5.93. The fourth-order valence-electron chi connectivity index (χ4n) is 3.06. The number of hydrogen-bond acceptors (Lipinski definition) is 4. The minimum Gasteiger partial charge on any atom is -0.361 e. The van der Waals surface area contributed by atoms with Crippen LogP contribution in [-0.4, -0.2) is 27.4 Å². The lowest BCUT2D eigenvalue weighted by Crippen LogP contribution is -2.23. The number of carbonyl (C=O) groups excluding carboxylic acids is 1. The topological polar surface area (TPSA) is 82.7 Å². The van der Waals surface area contributed by atoms with Gasteiger partial charge in [-0.05, 0) is 23.6 Å². The number of anilines is 1. The Balaban J connectivity index is 1.29. The van der Waals surface area contributed by atoms with Crippen LogP contribution in [-0.2, 0) is 13.0 Å². The summed E-state index contributed by atoms with van der Waals surface area (Å²) in [5.74, 6) is 0.327. The molecular weight excluding hydrogens is 350 g/mol. The van der Waals surface area contributed by atoms with Crippen molar-refractivity contribution in [1.82, 2.24) is 20.3 Å². The molecule has 2 aromatic heterocycles. The largest absolute Gasteiger partial charge is 0.361 e. The molecule has 3 N–H and O–H groups in total. The number of rotatable bonds is 7. The van der Waals surface area contributed by atoms with Crippen molar-refractivity contribution in [1.29, 1.82) is 0 Å². The van der Waals surface area contributed by atoms with Crippen molar-refractivity contribution in [2.75, 3.05) is 11.9 Å². The molecule has 0 aliphatic carbocycles. The third-order valence-corrected chi connectivity index (χ3v) is 4.56. The van der Waals surface area contributed by atoms with E-state index in [1.54, 1.807) is 12.4 Å². The number of H-pyrrole nitrogens is 1. The lowest BCUT2D eigenvalue weighted by atomic mass is 10.1. The van der Waals surface area contributed by atoms with E-state index in [1.807, 2.05) is 48.7 Å². The SMILES string of the molecule is O=C(NCc1ccccc1)c1cnc(NCCc2c[nH]c3ccccc23)nc1. The quantitative estimate of drug-likeness (QED) is 0.464. The molecule has 6 heteroatoms. The van der Waals surface area contributed by atoms with Crippen LogP contribution in [0.25, 0.3) is 10.9 Å². The van der Waals surface area contributed by atoms with Gasteiger partial charge in [-0.2, -0.15) is 0 Å². The fourth-order valence-corrected chi connectivity index (χ4v) is 3.06. The summed E-state index contributed by atoms with van der Waals surface area (Å²) in [6.45, 7) is 1.19. The molecule has 28 heavy (non-hydrogen) atoms. The first-order valence-corrected chi connectivity index (χ1v) is 9.22. The third-order valence-electron chi connectivity index (χ3n) is 4.56. The molecule has 140 valence electrons. The Morgan fingerprint density at radius 1 is 0.964 bits per heavy atom. The van der Waals surface area contributed by atoms with Crippen LogP contribution in [0.2, 0.25) is 0 Å². The van der Waals surface area contributed by atoms with E-state index in [0.717, 1.165) is 17.5 Å². The van der Waals surface area contributed by atoms with Gasteiger partial charge in [-0.25, -0.2) is 9.97 Å². The van der Waals surface area contributed by atoms with Crippen LogP contribution < -0.4 is 10.6 Å². The van der Waals surface area contributed by atoms with E-state index in [4.69, 9.17) is 0 Å². The van der Waals surface area contributed by atoms with Crippen LogP contribution in [0.1, 0.15) is 21.5 Å². The summed E-state index contributed by atoms with van der Waals surface area (Å²) >= 11 is 0. The Kier molecular flexibility index (Phi) is 5.29. The third kappa shape index (κ3) is 4.17. The monoisotopic (exact) mass is 371 g/mol. The second-order valence-corrected chi connectivity index (χ2v) is 6.50. The highest BCUT2D eigenvalue weighted by atomic mass is 16.1. The van der Waals surface area contributed by atoms with Crippen LogP contribution in [0.4, 0.5) is 5.95 Å². The van der Waals surface area contributed by atoms with Gasteiger partial charge >= 0.3 is 0 Å². The maximum absolute atomic E-state index is 12.2. The van der Waals surface area contributed by atoms with Crippen molar-refractivity contribution in [2.24, 2.45) is 0 Å². The maximum Gasteiger partial charge on any atom is 0.254 e. The van der Waals surface area contributed by atoms with Crippen LogP contribution in [0.5, 0.6) is 0 Å². The van der Waals surface area contributed by atoms with Gasteiger partial charge in [0.05, 0.1) is 5.56 Å². The number of amides is 1. The number of para-hydroxylation sites is 1. The van der Waals surface area contributed by atoms with Crippen LogP contribution >= 0.6 is 0 Å². The molecule has 2 heterocycles. The summed E-state index contributed by atoms with van der Waals surface area (Å²) in [5, 5.41) is 7.31. The zero-order valence-corrected chi connectivity index (χ0v) is 15.4. The number of hydrogen-bond donors (Lipinski definition) is 3. The second kappa shape index (κ2) is 8.35. The lowest BCUT2D eigenvalue weighted by molar-refractivity contribution is 0.0950. The molecule has 6 nitrogen and oxygen atoms in total. The molecule has 0 radical (unpaired) electrons. The number of nitrogens with zero attached hydrogens (tertiary/aromatic N) is 2. The molecule has 0 spiro atoms. The van der Waals surface area contributed by atoms with Crippen molar-refractivity contribution in [3.8, 4) is 0 Å². The van der Waals surface area contributed by atoms with E-state index in [9.17, 15) is 4.79 Å². The van der Waals surface area contributed by atoms with Gasteiger partial charge in [-0.15, -0.1) is 0 Å². The number of fused-ring (bicyclic) bond motifs is 1. The summed E-state index contributed by atoms with van der Waals surface area (Å²) in [4.78, 5) is 24.0. The Bertz CT molecular complexity index is 1060. The first-order chi connectivity index (χ1) is 13.8. The van der Waals surface area contributed by atoms with Crippen LogP contribution in [0.15, 0.2) is 73.2 Å². The predicted molar refractivity (Wildman–Crippen MR) is 110 cm³/mol. The summed E-state index contributed by atoms with van der Waals surface area (Å²) in [6.07, 6.45) is 5.97. The molecule has 2 aromatic carbocycles. The van der Waals surface area contributed by atoms with Crippen LogP contribution in [0, 0.1) is 0 Å². The van der Waals surface area contributed by atoms with Crippen molar-refractivity contribution in [3.63, 3.8) is 0 Å². The molecule has 0 bridgehead atoms. The predicted octanol–water partition coefficient (Wildman–Crippen LogP) is 3.54. The molecule has 4 rings (SSSR count). The van der Waals surface area contributed by atoms with E-state index in [2.05, 4.69) is 37.7 Å². The summed E-state index contributed by atoms with van der Waals surface area (Å²) < 4.78 is 0. The average Bonchev–Trinajstić information content (AvgIpc) is 3.16. The van der Waals surface area contributed by atoms with Crippen molar-refractivity contribution < 1.29 is 4.79 Å². The zero-order valence-electron chi connectivity index (χ0n) is 15.4. The second-order valence-electron chi connectivity index (χ2n) is 6.50. The Morgan fingerprint density at radius 2 is 1.71 bits per heavy atom. The lowest BCUT2D eigenvalue weighted by Gasteiger charge is -2.07. The molecule has 4 aromatic rings. The first-order valence-electron chi connectivity index (χ1n) is 9.22. The molecular formula is C22H21N5O. The first kappa shape index (κ1) is 17.7. The van der Waals surface area contributed by atoms with Gasteiger partial charge in [-0.1, -0.05) is 48.5 Å². The molecule has 0 fully saturated rings. The molecule has 0 unspecified atom stereocenters. The van der Waals surface area contributed by atoms with E-state index in [1.165, 1.54) is 10.9 Å². The van der Waals surface area contributed by atoms with E-state index in [0.29, 0.717) is 24.6 Å². The summed E-state index contributed by atoms with van der Waals surface area (Å²) in [7, 11) is 0. The molecule has 1 amide bonds. The normalized spacial score (nSPS) is 10.7. The Hall–Kier alpha value is -3.67. The van der Waals surface area contributed by atoms with Crippen molar-refractivity contribution in [2.45, 2.75) is 13.0 Å². The minimum absolute atomic E-state index is 0.186. The smallest absolute Gasteiger partial charge is 0.254 e. The highest BCUT2D eigenvalue weighted by Gasteiger charge is 2.07. The van der Waals surface area contributed by atoms with Crippen molar-refractivity contribution >= 4 is 22.8 Å². The Labute approximate surface area is 163 Å². The van der Waals surface area contributed by atoms with Gasteiger partial charge < -0.3 is 15.6 Å². The molecule has 0 atom stereocenters. The maximum atomic E-state index is 12.2. The molecule has 0 aliphatic heterocycles. The van der Waals surface area contributed by atoms with E-state index in [-0.39, 0.29) is 5.91 Å². The number of nitrogens with one attached hydrogen (secondary N) is 3. The van der Waals surface area contributed by atoms with Gasteiger partial charge in [0.25, 0.3) is 5.91 Å². The summed E-state index contributed by atoms with van der Waals surface area (Å²) in [6, 6.07) is 18.0. The number of benzene rings is 2. The number of aromatic nitrogens is 3. The van der Waals surface area contributed by atoms with Crippen molar-refractivity contribution in [3.05, 3.63) is 89.9 Å². The van der Waals surface area contributed by atoms with Gasteiger partial charge in [0.1, 0.15) is 0 Å². The molecule has 0 saturated heterocycles. The van der Waals surface area contributed by atoms with Gasteiger partial charge in [0, 0.05) is 42.6 Å². The van der Waals surface area contributed by atoms with Crippen LogP contribution in [0.3, 0.4) is 0 Å². The Morgan fingerprint density at radius 3 is 2.54 bits per heavy atom. The van der Waals surface area contributed by atoms with Gasteiger partial charge in [-0.3, -0.25) is 4.79 Å². The standard InChI is InChI=1S/C22H21N5O/c28-21(25-12-16-6-2-1-3-7-16)18-14-26-22(27-15-18)23-11-10-17-13-24-20-9-5-4-8-19(17)20/h1-9,13-15,24H,10-12H2,(H,25,28)(H,23,26,27). The van der Waals surface area contributed by atoms with Gasteiger partial charge in [0.2, 0.25) is 5.95 Å². The van der Waals surface area contributed by atoms with E-state index < -0.39 is 0 Å². The number of aromatic amines is 1. The minimum atomic E-state index is -0.186. The fraction of sp³-hybridized carbons (Fsp3) is 0.136. The molecule has 0 saturated carbocycles. The van der Waals surface area contributed by atoms with Gasteiger partial charge in [0.15, 0.2) is 0 Å². The average molecular weight is 371 g/mol. The summed E-state index contributed by atoms with van der Waals surface area (Å²) in [5.41, 5.74) is 3.88. The zero-order chi connectivity index (χ0) is 19.2. The highest BCUT2D eigenvalue weighted by Crippen LogP contribution is 2.18.